The molecule has 0 unspecified atom stereocenters. The molecule has 0 bridgehead atoms. The molecule has 2 heterocycles. The molecular formula is C51H57F4N5O6. The van der Waals surface area contributed by atoms with Gasteiger partial charge >= 0.3 is 6.09 Å². The Morgan fingerprint density at radius 2 is 1.17 bits per heavy atom. The number of hydrogen-bond donors (Lipinski definition) is 3. The van der Waals surface area contributed by atoms with Gasteiger partial charge in [0.2, 0.25) is 23.6 Å². The largest absolute Gasteiger partial charge is 0.453 e. The number of rotatable bonds is 17. The minimum Gasteiger partial charge on any atom is -0.453 e. The first-order chi connectivity index (χ1) is 31.6. The fraction of sp³-hybridized carbons (Fsp3) is 0.431. The van der Waals surface area contributed by atoms with Gasteiger partial charge in [-0.1, -0.05) is 112 Å². The van der Waals surface area contributed by atoms with E-state index in [1.807, 2.05) is 54.6 Å². The molecule has 4 aromatic rings. The van der Waals surface area contributed by atoms with E-state index in [0.717, 1.165) is 63.3 Å². The second-order valence-corrected chi connectivity index (χ2v) is 17.8. The predicted octanol–water partition coefficient (Wildman–Crippen LogP) is 9.80. The molecule has 3 aliphatic rings. The van der Waals surface area contributed by atoms with Crippen LogP contribution in [0, 0.1) is 0 Å². The van der Waals surface area contributed by atoms with Gasteiger partial charge in [-0.25, -0.2) is 22.4 Å². The number of carbonyl (C=O) groups excluding carboxylic acids is 5. The van der Waals surface area contributed by atoms with Crippen LogP contribution in [0.15, 0.2) is 97.1 Å². The zero-order valence-corrected chi connectivity index (χ0v) is 37.5. The lowest BCUT2D eigenvalue weighted by Gasteiger charge is -2.33. The Labute approximate surface area is 382 Å². The molecule has 5 amide bonds. The monoisotopic (exact) mass is 911 g/mol. The Bertz CT molecular complexity index is 2410. The molecule has 0 aromatic heterocycles. The van der Waals surface area contributed by atoms with Crippen molar-refractivity contribution in [2.24, 2.45) is 0 Å². The lowest BCUT2D eigenvalue weighted by Crippen LogP contribution is -2.44. The minimum absolute atomic E-state index is 0.0182. The van der Waals surface area contributed by atoms with Gasteiger partial charge in [0.05, 0.1) is 32.7 Å². The van der Waals surface area contributed by atoms with E-state index >= 15 is 8.78 Å². The van der Waals surface area contributed by atoms with Crippen molar-refractivity contribution in [1.82, 2.24) is 15.1 Å². The van der Waals surface area contributed by atoms with Crippen molar-refractivity contribution in [3.05, 3.63) is 119 Å². The van der Waals surface area contributed by atoms with Crippen molar-refractivity contribution in [1.29, 1.82) is 0 Å². The van der Waals surface area contributed by atoms with Crippen LogP contribution in [0.3, 0.4) is 0 Å². The topological polar surface area (TPSA) is 137 Å². The van der Waals surface area contributed by atoms with Gasteiger partial charge in [-0.05, 0) is 76.9 Å². The zero-order valence-electron chi connectivity index (χ0n) is 37.5. The number of nitrogens with one attached hydrogen (secondary N) is 3. The molecule has 66 heavy (non-hydrogen) atoms. The average Bonchev–Trinajstić information content (AvgIpc) is 3.92. The summed E-state index contributed by atoms with van der Waals surface area (Å²) in [5.41, 5.74) is 5.23. The highest BCUT2D eigenvalue weighted by atomic mass is 19.3. The number of carbonyl (C=O) groups is 5. The number of methoxy groups -OCH3 is 1. The number of fused-ring (bicyclic) bond motifs is 3. The van der Waals surface area contributed by atoms with Gasteiger partial charge in [0.1, 0.15) is 12.1 Å². The molecule has 2 aliphatic heterocycles. The van der Waals surface area contributed by atoms with Gasteiger partial charge in [0.25, 0.3) is 11.8 Å². The second-order valence-electron chi connectivity index (χ2n) is 17.8. The van der Waals surface area contributed by atoms with Crippen LogP contribution in [-0.2, 0) is 35.8 Å². The molecule has 15 heteroatoms. The summed E-state index contributed by atoms with van der Waals surface area (Å²) in [6, 6.07) is 24.9. The summed E-state index contributed by atoms with van der Waals surface area (Å²) in [5.74, 6) is -9.32. The molecule has 1 aliphatic carbocycles. The molecule has 0 saturated carbocycles. The third kappa shape index (κ3) is 10.6. The Morgan fingerprint density at radius 3 is 1.65 bits per heavy atom. The number of halogens is 4. The Balaban J connectivity index is 1.13. The van der Waals surface area contributed by atoms with E-state index in [2.05, 4.69) is 29.8 Å². The molecule has 2 saturated heterocycles. The highest BCUT2D eigenvalue weighted by Gasteiger charge is 2.52. The van der Waals surface area contributed by atoms with Crippen LogP contribution >= 0.6 is 0 Å². The maximum Gasteiger partial charge on any atom is 0.407 e. The van der Waals surface area contributed by atoms with E-state index in [-0.39, 0.29) is 6.42 Å². The van der Waals surface area contributed by atoms with Crippen LogP contribution < -0.4 is 16.0 Å². The number of ether oxygens (including phenoxy) is 1. The Morgan fingerprint density at radius 1 is 0.682 bits per heavy atom. The number of benzene rings is 4. The van der Waals surface area contributed by atoms with Crippen LogP contribution in [0.2, 0.25) is 0 Å². The number of hydrogen-bond acceptors (Lipinski definition) is 6. The molecule has 2 fully saturated rings. The van der Waals surface area contributed by atoms with Gasteiger partial charge < -0.3 is 30.5 Å². The molecular weight excluding hydrogens is 855 g/mol. The van der Waals surface area contributed by atoms with E-state index in [9.17, 15) is 32.8 Å². The first-order valence-corrected chi connectivity index (χ1v) is 22.8. The number of amides is 5. The van der Waals surface area contributed by atoms with Crippen molar-refractivity contribution in [3.8, 4) is 11.1 Å². The fourth-order valence-corrected chi connectivity index (χ4v) is 9.82. The van der Waals surface area contributed by atoms with Crippen LogP contribution in [0.4, 0.5) is 33.7 Å². The van der Waals surface area contributed by atoms with Gasteiger partial charge in [-0.2, -0.15) is 0 Å². The van der Waals surface area contributed by atoms with Gasteiger partial charge in [0, 0.05) is 36.1 Å². The predicted molar refractivity (Wildman–Crippen MR) is 243 cm³/mol. The van der Waals surface area contributed by atoms with Crippen LogP contribution in [0.5, 0.6) is 0 Å². The highest BCUT2D eigenvalue weighted by Crippen LogP contribution is 2.55. The van der Waals surface area contributed by atoms with Crippen molar-refractivity contribution < 1.29 is 46.3 Å². The Kier molecular flexibility index (Phi) is 14.5. The van der Waals surface area contributed by atoms with Gasteiger partial charge in [0.15, 0.2) is 0 Å². The minimum atomic E-state index is -3.34. The van der Waals surface area contributed by atoms with Gasteiger partial charge in [-0.3, -0.25) is 19.2 Å². The van der Waals surface area contributed by atoms with Crippen molar-refractivity contribution in [2.45, 2.75) is 120 Å². The van der Waals surface area contributed by atoms with E-state index in [1.54, 1.807) is 42.5 Å². The number of unbranched alkanes of at least 4 members (excludes halogenated alkanes) is 2. The highest BCUT2D eigenvalue weighted by molar-refractivity contribution is 6.00. The van der Waals surface area contributed by atoms with E-state index < -0.39 is 97.5 Å². The number of aryl methyl sites for hydroxylation is 1. The lowest BCUT2D eigenvalue weighted by molar-refractivity contribution is -0.137. The number of likely N-dealkylation sites (tertiary alicyclic amines) is 2. The first kappa shape index (κ1) is 47.7. The van der Waals surface area contributed by atoms with Gasteiger partial charge in [-0.15, -0.1) is 0 Å². The molecule has 0 spiro atoms. The summed E-state index contributed by atoms with van der Waals surface area (Å²) in [6.45, 7) is 2.36. The van der Waals surface area contributed by atoms with E-state index in [1.165, 1.54) is 7.11 Å². The number of alkyl halides is 4. The van der Waals surface area contributed by atoms with Crippen LogP contribution in [0.25, 0.3) is 11.1 Å². The summed E-state index contributed by atoms with van der Waals surface area (Å²) >= 11 is 0. The summed E-state index contributed by atoms with van der Waals surface area (Å²) in [6.07, 6.45) is 2.27. The fourth-order valence-electron chi connectivity index (χ4n) is 9.82. The van der Waals surface area contributed by atoms with Crippen LogP contribution in [0.1, 0.15) is 106 Å². The standard InChI is InChI=1S/C51H57F4N5O6/c1-4-6-24-49(25-7-5-2)39-26-35(56-46(63)42-29-50(52,53)31-59(42)44(61)23-18-33-14-10-8-11-15-33)19-21-37(39)38-22-20-36(27-40(38)49)57-47(64)43-30-51(54,55)32-60(43)45(62)28-41(58-48(65)66-3)34-16-12-9-13-17-34/h8-17,19-22,26-27,41-43H,4-7,18,23-25,28-32H2,1-3H3,(H,56,63)(H,57,64)(H,58,65)/t41-,42-,43-/m0/s1. The molecule has 3 N–H and O–H groups in total. The van der Waals surface area contributed by atoms with Crippen molar-refractivity contribution in [2.75, 3.05) is 30.8 Å². The quantitative estimate of drug-likeness (QED) is 0.0903. The SMILES string of the molecule is CCCCC1(CCCC)c2cc(NC(=O)[C@@H]3CC(F)(F)CN3C(=O)CCc3ccccc3)ccc2-c2ccc(NC(=O)[C@@H]3CC(F)(F)CN3C(=O)C[C@H](NC(=O)OC)c3ccccc3)cc21. The maximum atomic E-state index is 15.1. The lowest BCUT2D eigenvalue weighted by atomic mass is 9.70. The zero-order chi connectivity index (χ0) is 47.2. The molecule has 4 aromatic carbocycles. The summed E-state index contributed by atoms with van der Waals surface area (Å²) < 4.78 is 64.8. The smallest absolute Gasteiger partial charge is 0.407 e. The van der Waals surface area contributed by atoms with Crippen LogP contribution in [-0.4, -0.2) is 83.6 Å². The third-order valence-electron chi connectivity index (χ3n) is 13.1. The molecule has 7 rings (SSSR count). The van der Waals surface area contributed by atoms with E-state index in [0.29, 0.717) is 36.2 Å². The molecule has 350 valence electrons. The van der Waals surface area contributed by atoms with Crippen molar-refractivity contribution >= 4 is 41.1 Å². The molecule has 0 radical (unpaired) electrons. The van der Waals surface area contributed by atoms with E-state index in [4.69, 9.17) is 4.74 Å². The van der Waals surface area contributed by atoms with Crippen molar-refractivity contribution in [3.63, 3.8) is 0 Å². The first-order valence-electron chi connectivity index (χ1n) is 22.8. The maximum absolute atomic E-state index is 15.1. The second kappa shape index (κ2) is 20.1. The third-order valence-corrected chi connectivity index (χ3v) is 13.1. The molecule has 11 nitrogen and oxygen atoms in total. The Hall–Kier alpha value is -6.25. The number of anilines is 2. The normalized spacial score (nSPS) is 19.1. The summed E-state index contributed by atoms with van der Waals surface area (Å²) in [5, 5.41) is 8.30. The summed E-state index contributed by atoms with van der Waals surface area (Å²) in [7, 11) is 1.17. The molecule has 3 atom stereocenters. The average molecular weight is 912 g/mol. The summed E-state index contributed by atoms with van der Waals surface area (Å²) in [4.78, 5) is 69.1. The number of nitrogens with zero attached hydrogens (tertiary/aromatic N) is 2. The number of alkyl carbamates (subject to hydrolysis) is 1.